The van der Waals surface area contributed by atoms with Crippen LogP contribution in [0.5, 0.6) is 0 Å². The van der Waals surface area contributed by atoms with Crippen LogP contribution in [0.1, 0.15) is 35.0 Å². The maximum atomic E-state index is 4.66. The molecule has 1 aromatic carbocycles. The molecule has 0 fully saturated rings. The standard InChI is InChI=1S/C15H20N2/c1-6-14-12(4)16-17(13(14)5)15-8-7-10(2)9-11(15)3/h7-9H,6H2,1-5H3. The first-order valence-corrected chi connectivity index (χ1v) is 6.17. The van der Waals surface area contributed by atoms with Gasteiger partial charge in [0.15, 0.2) is 0 Å². The summed E-state index contributed by atoms with van der Waals surface area (Å²) < 4.78 is 2.07. The van der Waals surface area contributed by atoms with E-state index in [9.17, 15) is 0 Å². The lowest BCUT2D eigenvalue weighted by molar-refractivity contribution is 0.826. The molecular weight excluding hydrogens is 208 g/mol. The zero-order valence-electron chi connectivity index (χ0n) is 11.3. The number of aromatic nitrogens is 2. The second kappa shape index (κ2) is 4.36. The van der Waals surface area contributed by atoms with Crippen molar-refractivity contribution < 1.29 is 0 Å². The average molecular weight is 228 g/mol. The summed E-state index contributed by atoms with van der Waals surface area (Å²) in [5, 5.41) is 4.66. The Hall–Kier alpha value is -1.57. The van der Waals surface area contributed by atoms with Crippen molar-refractivity contribution in [3.8, 4) is 5.69 Å². The van der Waals surface area contributed by atoms with Gasteiger partial charge in [-0.25, -0.2) is 4.68 Å². The summed E-state index contributed by atoms with van der Waals surface area (Å²) in [5.74, 6) is 0. The maximum absolute atomic E-state index is 4.66. The maximum Gasteiger partial charge on any atom is 0.0678 e. The number of rotatable bonds is 2. The van der Waals surface area contributed by atoms with Gasteiger partial charge in [-0.05, 0) is 51.3 Å². The van der Waals surface area contributed by atoms with Crippen LogP contribution < -0.4 is 0 Å². The molecule has 90 valence electrons. The largest absolute Gasteiger partial charge is 0.237 e. The molecule has 0 unspecified atom stereocenters. The number of nitrogens with zero attached hydrogens (tertiary/aromatic N) is 2. The number of hydrogen-bond donors (Lipinski definition) is 0. The van der Waals surface area contributed by atoms with Crippen LogP contribution in [-0.2, 0) is 6.42 Å². The zero-order chi connectivity index (χ0) is 12.6. The third kappa shape index (κ3) is 1.99. The molecular formula is C15H20N2. The van der Waals surface area contributed by atoms with Crippen LogP contribution in [0, 0.1) is 27.7 Å². The van der Waals surface area contributed by atoms with Crippen LogP contribution in [-0.4, -0.2) is 9.78 Å². The molecule has 2 rings (SSSR count). The average Bonchev–Trinajstić information content (AvgIpc) is 2.54. The van der Waals surface area contributed by atoms with Gasteiger partial charge in [0, 0.05) is 5.69 Å². The van der Waals surface area contributed by atoms with Crippen molar-refractivity contribution in [1.29, 1.82) is 0 Å². The van der Waals surface area contributed by atoms with Gasteiger partial charge in [0.2, 0.25) is 0 Å². The summed E-state index contributed by atoms with van der Waals surface area (Å²) in [7, 11) is 0. The van der Waals surface area contributed by atoms with E-state index in [1.165, 1.54) is 28.1 Å². The minimum atomic E-state index is 1.04. The molecule has 0 saturated heterocycles. The Balaban J connectivity index is 2.61. The van der Waals surface area contributed by atoms with Gasteiger partial charge in [0.25, 0.3) is 0 Å². The van der Waals surface area contributed by atoms with E-state index in [1.54, 1.807) is 0 Å². The summed E-state index contributed by atoms with van der Waals surface area (Å²) in [6.45, 7) is 10.7. The van der Waals surface area contributed by atoms with Crippen LogP contribution in [0.4, 0.5) is 0 Å². The normalized spacial score (nSPS) is 10.9. The molecule has 2 heteroatoms. The fraction of sp³-hybridized carbons (Fsp3) is 0.400. The number of benzene rings is 1. The van der Waals surface area contributed by atoms with Crippen molar-refractivity contribution in [2.75, 3.05) is 0 Å². The molecule has 0 saturated carbocycles. The molecule has 1 heterocycles. The minimum Gasteiger partial charge on any atom is -0.237 e. The van der Waals surface area contributed by atoms with Crippen molar-refractivity contribution in [2.24, 2.45) is 0 Å². The van der Waals surface area contributed by atoms with Gasteiger partial charge >= 0.3 is 0 Å². The predicted molar refractivity (Wildman–Crippen MR) is 71.9 cm³/mol. The molecule has 0 amide bonds. The van der Waals surface area contributed by atoms with E-state index in [0.29, 0.717) is 0 Å². The third-order valence-electron chi connectivity index (χ3n) is 3.38. The van der Waals surface area contributed by atoms with E-state index in [1.807, 2.05) is 0 Å². The lowest BCUT2D eigenvalue weighted by atomic mass is 10.1. The molecule has 0 atom stereocenters. The SMILES string of the molecule is CCc1c(C)nn(-c2ccc(C)cc2C)c1C. The Morgan fingerprint density at radius 2 is 1.82 bits per heavy atom. The van der Waals surface area contributed by atoms with Gasteiger partial charge in [-0.3, -0.25) is 0 Å². The van der Waals surface area contributed by atoms with Crippen LogP contribution in [0.15, 0.2) is 18.2 Å². The zero-order valence-corrected chi connectivity index (χ0v) is 11.3. The van der Waals surface area contributed by atoms with E-state index in [4.69, 9.17) is 0 Å². The van der Waals surface area contributed by atoms with E-state index < -0.39 is 0 Å². The molecule has 0 N–H and O–H groups in total. The fourth-order valence-corrected chi connectivity index (χ4v) is 2.46. The molecule has 0 aliphatic carbocycles. The third-order valence-corrected chi connectivity index (χ3v) is 3.38. The Morgan fingerprint density at radius 3 is 2.35 bits per heavy atom. The minimum absolute atomic E-state index is 1.04. The molecule has 0 bridgehead atoms. The van der Waals surface area contributed by atoms with Gasteiger partial charge in [-0.15, -0.1) is 0 Å². The highest BCUT2D eigenvalue weighted by atomic mass is 15.3. The number of aryl methyl sites for hydroxylation is 3. The molecule has 1 aromatic heterocycles. The lowest BCUT2D eigenvalue weighted by Gasteiger charge is -2.09. The van der Waals surface area contributed by atoms with Crippen molar-refractivity contribution >= 4 is 0 Å². The lowest BCUT2D eigenvalue weighted by Crippen LogP contribution is -2.02. The summed E-state index contributed by atoms with van der Waals surface area (Å²) in [6.07, 6.45) is 1.04. The van der Waals surface area contributed by atoms with Gasteiger partial charge in [0.05, 0.1) is 11.4 Å². The molecule has 0 aliphatic heterocycles. The highest BCUT2D eigenvalue weighted by Gasteiger charge is 2.12. The van der Waals surface area contributed by atoms with Crippen LogP contribution in [0.25, 0.3) is 5.69 Å². The van der Waals surface area contributed by atoms with E-state index in [-0.39, 0.29) is 0 Å². The Kier molecular flexibility index (Phi) is 3.05. The van der Waals surface area contributed by atoms with E-state index in [2.05, 4.69) is 62.6 Å². The molecule has 2 aromatic rings. The Bertz CT molecular complexity index is 550. The predicted octanol–water partition coefficient (Wildman–Crippen LogP) is 3.67. The highest BCUT2D eigenvalue weighted by Crippen LogP contribution is 2.21. The summed E-state index contributed by atoms with van der Waals surface area (Å²) in [4.78, 5) is 0. The number of hydrogen-bond acceptors (Lipinski definition) is 1. The summed E-state index contributed by atoms with van der Waals surface area (Å²) >= 11 is 0. The van der Waals surface area contributed by atoms with Crippen molar-refractivity contribution in [2.45, 2.75) is 41.0 Å². The summed E-state index contributed by atoms with van der Waals surface area (Å²) in [6, 6.07) is 6.51. The molecule has 0 spiro atoms. The van der Waals surface area contributed by atoms with Crippen LogP contribution in [0.2, 0.25) is 0 Å². The Labute approximate surface area is 103 Å². The van der Waals surface area contributed by atoms with Crippen molar-refractivity contribution in [3.05, 3.63) is 46.3 Å². The van der Waals surface area contributed by atoms with Gasteiger partial charge in [-0.1, -0.05) is 24.6 Å². The second-order valence-electron chi connectivity index (χ2n) is 4.70. The topological polar surface area (TPSA) is 17.8 Å². The first kappa shape index (κ1) is 11.9. The molecule has 0 aliphatic rings. The van der Waals surface area contributed by atoms with Gasteiger partial charge in [0.1, 0.15) is 0 Å². The first-order valence-electron chi connectivity index (χ1n) is 6.17. The van der Waals surface area contributed by atoms with Crippen LogP contribution in [0.3, 0.4) is 0 Å². The highest BCUT2D eigenvalue weighted by molar-refractivity contribution is 5.44. The summed E-state index contributed by atoms with van der Waals surface area (Å²) in [5.41, 5.74) is 7.53. The van der Waals surface area contributed by atoms with E-state index >= 15 is 0 Å². The molecule has 0 radical (unpaired) electrons. The monoisotopic (exact) mass is 228 g/mol. The molecule has 17 heavy (non-hydrogen) atoms. The van der Waals surface area contributed by atoms with Crippen molar-refractivity contribution in [3.63, 3.8) is 0 Å². The Morgan fingerprint density at radius 1 is 1.12 bits per heavy atom. The smallest absolute Gasteiger partial charge is 0.0678 e. The quantitative estimate of drug-likeness (QED) is 0.767. The first-order chi connectivity index (χ1) is 8.04. The van der Waals surface area contributed by atoms with Crippen LogP contribution >= 0.6 is 0 Å². The second-order valence-corrected chi connectivity index (χ2v) is 4.70. The van der Waals surface area contributed by atoms with Crippen molar-refractivity contribution in [1.82, 2.24) is 9.78 Å². The molecule has 2 nitrogen and oxygen atoms in total. The van der Waals surface area contributed by atoms with Gasteiger partial charge in [-0.2, -0.15) is 5.10 Å². The fourth-order valence-electron chi connectivity index (χ4n) is 2.46. The van der Waals surface area contributed by atoms with E-state index in [0.717, 1.165) is 12.1 Å². The van der Waals surface area contributed by atoms with Gasteiger partial charge < -0.3 is 0 Å².